The molecule has 0 bridgehead atoms. The predicted octanol–water partition coefficient (Wildman–Crippen LogP) is 1.79. The zero-order valence-corrected chi connectivity index (χ0v) is 14.0. The van der Waals surface area contributed by atoms with Crippen LogP contribution in [0.1, 0.15) is 18.3 Å². The highest BCUT2D eigenvalue weighted by Crippen LogP contribution is 1.97. The van der Waals surface area contributed by atoms with E-state index in [9.17, 15) is 5.21 Å². The third kappa shape index (κ3) is 8.04. The summed E-state index contributed by atoms with van der Waals surface area (Å²) in [5, 5.41) is 22.7. The lowest BCUT2D eigenvalue weighted by Crippen LogP contribution is -2.28. The first-order valence-corrected chi connectivity index (χ1v) is 7.61. The van der Waals surface area contributed by atoms with Gasteiger partial charge in [-0.3, -0.25) is 9.97 Å². The van der Waals surface area contributed by atoms with Crippen LogP contribution < -0.4 is 5.73 Å². The summed E-state index contributed by atoms with van der Waals surface area (Å²) in [6, 6.07) is 11.7. The van der Waals surface area contributed by atoms with E-state index in [2.05, 4.69) is 15.2 Å². The van der Waals surface area contributed by atoms with Gasteiger partial charge < -0.3 is 16.1 Å². The van der Waals surface area contributed by atoms with Crippen LogP contribution in [0.3, 0.4) is 0 Å². The van der Waals surface area contributed by atoms with Crippen molar-refractivity contribution in [1.29, 1.82) is 0 Å². The van der Waals surface area contributed by atoms with Gasteiger partial charge in [0.25, 0.3) is 0 Å². The van der Waals surface area contributed by atoms with E-state index in [1.54, 1.807) is 12.4 Å². The highest BCUT2D eigenvalue weighted by atomic mass is 16.6. The highest BCUT2D eigenvalue weighted by Gasteiger charge is 2.05. The Bertz CT molecular complexity index is 592. The van der Waals surface area contributed by atoms with Gasteiger partial charge in [0.1, 0.15) is 0 Å². The van der Waals surface area contributed by atoms with Crippen LogP contribution in [-0.2, 0) is 12.8 Å². The van der Waals surface area contributed by atoms with E-state index in [4.69, 9.17) is 10.9 Å². The summed E-state index contributed by atoms with van der Waals surface area (Å²) in [6.07, 6.45) is 4.98. The molecule has 3 N–H and O–H groups in total. The van der Waals surface area contributed by atoms with E-state index >= 15 is 0 Å². The van der Waals surface area contributed by atoms with Crippen LogP contribution in [0.2, 0.25) is 0 Å². The number of hydrazine groups is 1. The summed E-state index contributed by atoms with van der Waals surface area (Å²) in [5.41, 5.74) is 7.55. The van der Waals surface area contributed by atoms with E-state index in [-0.39, 0.29) is 11.0 Å². The maximum absolute atomic E-state index is 10.7. The average Bonchev–Trinajstić information content (AvgIpc) is 2.60. The standard InChI is InChI=1S/C8H12N4O2.C8H12N2/c1-11(12(14)10-13)7-5-8-4-2-3-6-9-8;1-7(9)6-8-4-2-3-5-10-8/h2-4,6,13H,5,7H2,1H3;2-5,7H,6,9H2,1H3. The number of hydrogen-bond donors (Lipinski definition) is 2. The van der Waals surface area contributed by atoms with Crippen LogP contribution in [0.5, 0.6) is 0 Å². The summed E-state index contributed by atoms with van der Waals surface area (Å²) >= 11 is 0. The minimum atomic E-state index is 0.128. The van der Waals surface area contributed by atoms with E-state index in [0.29, 0.717) is 13.0 Å². The lowest BCUT2D eigenvalue weighted by Gasteiger charge is -2.11. The summed E-state index contributed by atoms with van der Waals surface area (Å²) in [7, 11) is 1.54. The number of nitrogens with zero attached hydrogens (tertiary/aromatic N) is 5. The Balaban J connectivity index is 0.000000254. The molecule has 130 valence electrons. The van der Waals surface area contributed by atoms with Gasteiger partial charge in [-0.05, 0) is 31.2 Å². The number of nitrogens with two attached hydrogens (primary N) is 1. The fourth-order valence-corrected chi connectivity index (χ4v) is 1.82. The van der Waals surface area contributed by atoms with Gasteiger partial charge >= 0.3 is 0 Å². The highest BCUT2D eigenvalue weighted by molar-refractivity contribution is 5.04. The minimum Gasteiger partial charge on any atom is -0.569 e. The van der Waals surface area contributed by atoms with Crippen molar-refractivity contribution < 1.29 is 10.2 Å². The first-order chi connectivity index (χ1) is 11.5. The SMILES string of the molecule is CC(N)Cc1ccccn1.CN(CCc1ccccn1)[N+]([O-])=NO. The molecule has 0 amide bonds. The normalized spacial score (nSPS) is 12.0. The second-order valence-electron chi connectivity index (χ2n) is 5.30. The van der Waals surface area contributed by atoms with Crippen LogP contribution >= 0.6 is 0 Å². The van der Waals surface area contributed by atoms with Crippen LogP contribution in [0.4, 0.5) is 0 Å². The van der Waals surface area contributed by atoms with E-state index in [1.807, 2.05) is 43.3 Å². The van der Waals surface area contributed by atoms with Crippen molar-refractivity contribution in [3.05, 3.63) is 65.4 Å². The minimum absolute atomic E-state index is 0.128. The summed E-state index contributed by atoms with van der Waals surface area (Å²) < 4.78 is 0. The molecule has 2 aromatic rings. The Morgan fingerprint density at radius 1 is 1.21 bits per heavy atom. The van der Waals surface area contributed by atoms with Crippen molar-refractivity contribution in [3.8, 4) is 0 Å². The Morgan fingerprint density at radius 2 is 1.79 bits per heavy atom. The van der Waals surface area contributed by atoms with E-state index in [1.165, 1.54) is 12.1 Å². The molecule has 0 aliphatic rings. The lowest BCUT2D eigenvalue weighted by molar-refractivity contribution is -0.703. The molecule has 1 atom stereocenters. The largest absolute Gasteiger partial charge is 0.569 e. The molecule has 2 heterocycles. The fourth-order valence-electron chi connectivity index (χ4n) is 1.82. The Labute approximate surface area is 141 Å². The van der Waals surface area contributed by atoms with Crippen molar-refractivity contribution in [2.45, 2.75) is 25.8 Å². The summed E-state index contributed by atoms with van der Waals surface area (Å²) in [4.78, 5) is 8.36. The van der Waals surface area contributed by atoms with E-state index in [0.717, 1.165) is 17.8 Å². The van der Waals surface area contributed by atoms with E-state index < -0.39 is 0 Å². The van der Waals surface area contributed by atoms with Crippen molar-refractivity contribution in [1.82, 2.24) is 15.0 Å². The van der Waals surface area contributed by atoms with Crippen molar-refractivity contribution >= 4 is 0 Å². The number of likely N-dealkylation sites (N-methyl/N-ethyl adjacent to an activating group) is 1. The molecule has 24 heavy (non-hydrogen) atoms. The first-order valence-electron chi connectivity index (χ1n) is 7.61. The number of pyridine rings is 2. The quantitative estimate of drug-likeness (QED) is 0.473. The van der Waals surface area contributed by atoms with Crippen LogP contribution in [0, 0.1) is 5.21 Å². The molecule has 2 rings (SSSR count). The van der Waals surface area contributed by atoms with Gasteiger partial charge in [-0.1, -0.05) is 12.1 Å². The van der Waals surface area contributed by atoms with Gasteiger partial charge in [0.2, 0.25) is 5.28 Å². The Hall–Kier alpha value is -2.74. The Morgan fingerprint density at radius 3 is 2.25 bits per heavy atom. The molecule has 8 heteroatoms. The smallest absolute Gasteiger partial charge is 0.230 e. The van der Waals surface area contributed by atoms with Crippen molar-refractivity contribution in [2.24, 2.45) is 11.0 Å². The average molecular weight is 332 g/mol. The molecule has 2 aromatic heterocycles. The number of aromatic nitrogens is 2. The molecule has 0 aromatic carbocycles. The van der Waals surface area contributed by atoms with Gasteiger partial charge in [0, 0.05) is 42.7 Å². The molecule has 8 nitrogen and oxygen atoms in total. The molecule has 0 aliphatic carbocycles. The Kier molecular flexibility index (Phi) is 8.77. The second-order valence-corrected chi connectivity index (χ2v) is 5.30. The van der Waals surface area contributed by atoms with Gasteiger partial charge in [0.05, 0.1) is 18.6 Å². The molecular formula is C16H24N6O2. The molecule has 0 spiro atoms. The van der Waals surface area contributed by atoms with Gasteiger partial charge in [0.15, 0.2) is 0 Å². The molecule has 1 unspecified atom stereocenters. The molecular weight excluding hydrogens is 308 g/mol. The summed E-state index contributed by atoms with van der Waals surface area (Å²) in [6.45, 7) is 2.43. The van der Waals surface area contributed by atoms with Gasteiger partial charge in [-0.2, -0.15) is 0 Å². The molecule has 0 saturated heterocycles. The van der Waals surface area contributed by atoms with Crippen LogP contribution in [-0.4, -0.2) is 44.8 Å². The van der Waals surface area contributed by atoms with Gasteiger partial charge in [-0.15, -0.1) is 5.01 Å². The number of hydrogen-bond acceptors (Lipinski definition) is 5. The van der Waals surface area contributed by atoms with Gasteiger partial charge in [-0.25, -0.2) is 0 Å². The monoisotopic (exact) mass is 332 g/mol. The van der Waals surface area contributed by atoms with Crippen LogP contribution in [0.15, 0.2) is 54.1 Å². The fraction of sp³-hybridized carbons (Fsp3) is 0.375. The topological polar surface area (TPSA) is 114 Å². The maximum Gasteiger partial charge on any atom is 0.230 e. The third-order valence-electron chi connectivity index (χ3n) is 3.04. The molecule has 0 radical (unpaired) electrons. The predicted molar refractivity (Wildman–Crippen MR) is 90.0 cm³/mol. The zero-order chi connectivity index (χ0) is 17.8. The number of rotatable bonds is 6. The zero-order valence-electron chi connectivity index (χ0n) is 14.0. The van der Waals surface area contributed by atoms with Crippen LogP contribution in [0.25, 0.3) is 0 Å². The maximum atomic E-state index is 10.7. The lowest BCUT2D eigenvalue weighted by atomic mass is 10.2. The second kappa shape index (κ2) is 10.9. The van der Waals surface area contributed by atoms with Crippen molar-refractivity contribution in [2.75, 3.05) is 13.6 Å². The third-order valence-corrected chi connectivity index (χ3v) is 3.04. The summed E-state index contributed by atoms with van der Waals surface area (Å²) in [5.74, 6) is 0. The molecule has 0 fully saturated rings. The van der Waals surface area contributed by atoms with Crippen molar-refractivity contribution in [3.63, 3.8) is 0 Å². The first kappa shape index (κ1) is 19.3. The molecule has 0 saturated carbocycles. The molecule has 0 aliphatic heterocycles.